The van der Waals surface area contributed by atoms with Crippen molar-refractivity contribution in [2.75, 3.05) is 0 Å². The van der Waals surface area contributed by atoms with Crippen LogP contribution in [-0.4, -0.2) is 30.1 Å². The smallest absolute Gasteiger partial charge is 0.306 e. The number of ketones is 1. The first-order valence-corrected chi connectivity index (χ1v) is 12.6. The van der Waals surface area contributed by atoms with Crippen LogP contribution in [0.25, 0.3) is 0 Å². The Bertz CT molecular complexity index is 704. The fourth-order valence-electron chi connectivity index (χ4n) is 4.55. The van der Waals surface area contributed by atoms with E-state index in [1.54, 1.807) is 0 Å². The number of epoxide rings is 1. The van der Waals surface area contributed by atoms with Crippen molar-refractivity contribution >= 4 is 11.8 Å². The summed E-state index contributed by atoms with van der Waals surface area (Å²) < 4.78 is 11.6. The maximum absolute atomic E-state index is 12.4. The van der Waals surface area contributed by atoms with E-state index in [1.807, 2.05) is 20.8 Å². The molecule has 7 unspecified atom stereocenters. The summed E-state index contributed by atoms with van der Waals surface area (Å²) in [6.07, 6.45) is 17.0. The standard InChI is InChI=1S/C28H44O4/c1-7-24(29)23(6)28-25(31-28)18-20(3)14-11-16-22(5)27-21(4)15-10-13-19(2)12-8-9-17-26(30)32-27/h10-11,14-16,19-21,23,25,27-28H,7-9,12-13,17-18H2,1-6H3/b14-11?,15-10-,22-16?. The van der Waals surface area contributed by atoms with Crippen molar-refractivity contribution < 1.29 is 19.1 Å². The average molecular weight is 445 g/mol. The van der Waals surface area contributed by atoms with Gasteiger partial charge in [0.1, 0.15) is 11.9 Å². The molecule has 0 bridgehead atoms. The third-order valence-corrected chi connectivity index (χ3v) is 6.86. The predicted molar refractivity (Wildman–Crippen MR) is 130 cm³/mol. The van der Waals surface area contributed by atoms with Gasteiger partial charge in [-0.2, -0.15) is 0 Å². The zero-order chi connectivity index (χ0) is 23.7. The molecule has 4 heteroatoms. The van der Waals surface area contributed by atoms with Crippen LogP contribution in [0, 0.1) is 23.7 Å². The van der Waals surface area contributed by atoms with E-state index >= 15 is 0 Å². The van der Waals surface area contributed by atoms with Gasteiger partial charge in [-0.1, -0.05) is 77.8 Å². The monoisotopic (exact) mass is 444 g/mol. The highest BCUT2D eigenvalue weighted by Crippen LogP contribution is 2.35. The summed E-state index contributed by atoms with van der Waals surface area (Å²) in [5.74, 6) is 1.34. The number of carbonyl (C=O) groups excluding carboxylic acids is 2. The summed E-state index contributed by atoms with van der Waals surface area (Å²) in [6, 6.07) is 0. The summed E-state index contributed by atoms with van der Waals surface area (Å²) >= 11 is 0. The first kappa shape index (κ1) is 26.6. The van der Waals surface area contributed by atoms with Gasteiger partial charge in [0.05, 0.1) is 12.2 Å². The summed E-state index contributed by atoms with van der Waals surface area (Å²) in [7, 11) is 0. The molecule has 0 aromatic heterocycles. The molecule has 0 aliphatic carbocycles. The molecule has 2 aliphatic heterocycles. The van der Waals surface area contributed by atoms with Crippen LogP contribution in [0.5, 0.6) is 0 Å². The molecule has 0 aromatic carbocycles. The lowest BCUT2D eigenvalue weighted by atomic mass is 9.93. The number of hydrogen-bond acceptors (Lipinski definition) is 4. The van der Waals surface area contributed by atoms with Crippen LogP contribution in [0.4, 0.5) is 0 Å². The highest BCUT2D eigenvalue weighted by molar-refractivity contribution is 5.81. The van der Waals surface area contributed by atoms with Crippen LogP contribution >= 0.6 is 0 Å². The van der Waals surface area contributed by atoms with Crippen molar-refractivity contribution in [3.63, 3.8) is 0 Å². The van der Waals surface area contributed by atoms with Crippen LogP contribution in [-0.2, 0) is 19.1 Å². The lowest BCUT2D eigenvalue weighted by Gasteiger charge is -2.24. The zero-order valence-corrected chi connectivity index (χ0v) is 21.0. The third kappa shape index (κ3) is 8.69. The number of Topliss-reactive ketones (excluding diaryl/α,β-unsaturated/α-hetero) is 1. The second-order valence-electron chi connectivity index (χ2n) is 10.0. The van der Waals surface area contributed by atoms with Crippen molar-refractivity contribution in [3.05, 3.63) is 36.0 Å². The minimum absolute atomic E-state index is 0.00312. The first-order chi connectivity index (χ1) is 15.2. The van der Waals surface area contributed by atoms with Gasteiger partial charge >= 0.3 is 5.97 Å². The van der Waals surface area contributed by atoms with Gasteiger partial charge in [-0.15, -0.1) is 0 Å². The molecular weight excluding hydrogens is 400 g/mol. The minimum atomic E-state index is -0.231. The fraction of sp³-hybridized carbons (Fsp3) is 0.714. The molecule has 180 valence electrons. The second kappa shape index (κ2) is 13.1. The van der Waals surface area contributed by atoms with Gasteiger partial charge in [-0.05, 0) is 43.6 Å². The van der Waals surface area contributed by atoms with E-state index in [-0.39, 0.29) is 41.9 Å². The molecule has 2 heterocycles. The van der Waals surface area contributed by atoms with Gasteiger partial charge in [0.25, 0.3) is 0 Å². The Balaban J connectivity index is 1.94. The highest BCUT2D eigenvalue weighted by atomic mass is 16.6. The van der Waals surface area contributed by atoms with Crippen molar-refractivity contribution in [2.45, 2.75) is 105 Å². The minimum Gasteiger partial charge on any atom is -0.457 e. The number of carbonyl (C=O) groups is 2. The number of allylic oxidation sites excluding steroid dienone is 4. The van der Waals surface area contributed by atoms with Crippen LogP contribution in [0.1, 0.15) is 86.5 Å². The molecule has 1 fully saturated rings. The van der Waals surface area contributed by atoms with E-state index in [9.17, 15) is 9.59 Å². The van der Waals surface area contributed by atoms with E-state index in [0.29, 0.717) is 24.7 Å². The normalized spacial score (nSPS) is 33.0. The maximum Gasteiger partial charge on any atom is 0.306 e. The lowest BCUT2D eigenvalue weighted by molar-refractivity contribution is -0.148. The number of cyclic esters (lactones) is 1. The average Bonchev–Trinajstić information content (AvgIpc) is 3.51. The molecule has 0 spiro atoms. The molecular formula is C28H44O4. The Labute approximate surface area is 195 Å². The predicted octanol–water partition coefficient (Wildman–Crippen LogP) is 6.60. The van der Waals surface area contributed by atoms with E-state index in [4.69, 9.17) is 9.47 Å². The molecule has 0 amide bonds. The van der Waals surface area contributed by atoms with Gasteiger partial charge < -0.3 is 9.47 Å². The molecule has 0 N–H and O–H groups in total. The van der Waals surface area contributed by atoms with E-state index in [2.05, 4.69) is 51.2 Å². The summed E-state index contributed by atoms with van der Waals surface area (Å²) in [6.45, 7) is 12.5. The van der Waals surface area contributed by atoms with E-state index in [1.165, 1.54) is 0 Å². The lowest BCUT2D eigenvalue weighted by Crippen LogP contribution is -2.25. The third-order valence-electron chi connectivity index (χ3n) is 6.86. The zero-order valence-electron chi connectivity index (χ0n) is 21.0. The largest absolute Gasteiger partial charge is 0.457 e. The van der Waals surface area contributed by atoms with Crippen molar-refractivity contribution in [1.29, 1.82) is 0 Å². The summed E-state index contributed by atoms with van der Waals surface area (Å²) in [5, 5.41) is 0. The van der Waals surface area contributed by atoms with Gasteiger partial charge in [-0.3, -0.25) is 9.59 Å². The topological polar surface area (TPSA) is 55.9 Å². The Morgan fingerprint density at radius 1 is 1.25 bits per heavy atom. The Hall–Kier alpha value is -1.68. The maximum atomic E-state index is 12.4. The van der Waals surface area contributed by atoms with Gasteiger partial charge in [0.2, 0.25) is 0 Å². The summed E-state index contributed by atoms with van der Waals surface area (Å²) in [4.78, 5) is 24.2. The van der Waals surface area contributed by atoms with Crippen LogP contribution < -0.4 is 0 Å². The molecule has 4 nitrogen and oxygen atoms in total. The second-order valence-corrected chi connectivity index (χ2v) is 10.0. The number of rotatable bonds is 8. The molecule has 2 rings (SSSR count). The molecule has 1 saturated heterocycles. The Morgan fingerprint density at radius 2 is 2.00 bits per heavy atom. The summed E-state index contributed by atoms with van der Waals surface area (Å²) in [5.41, 5.74) is 1.06. The van der Waals surface area contributed by atoms with Crippen molar-refractivity contribution in [3.8, 4) is 0 Å². The van der Waals surface area contributed by atoms with Crippen molar-refractivity contribution in [2.24, 2.45) is 23.7 Å². The number of hydrogen-bond donors (Lipinski definition) is 0. The van der Waals surface area contributed by atoms with Gasteiger partial charge in [0.15, 0.2) is 0 Å². The highest BCUT2D eigenvalue weighted by Gasteiger charge is 2.45. The fourth-order valence-corrected chi connectivity index (χ4v) is 4.55. The van der Waals surface area contributed by atoms with Crippen molar-refractivity contribution in [1.82, 2.24) is 0 Å². The first-order valence-electron chi connectivity index (χ1n) is 12.6. The number of esters is 1. The van der Waals surface area contributed by atoms with Gasteiger partial charge in [-0.25, -0.2) is 0 Å². The molecule has 7 atom stereocenters. The molecule has 0 aromatic rings. The van der Waals surface area contributed by atoms with E-state index < -0.39 is 0 Å². The molecule has 0 saturated carbocycles. The Kier molecular flexibility index (Phi) is 10.9. The molecule has 32 heavy (non-hydrogen) atoms. The molecule has 0 radical (unpaired) electrons. The quantitative estimate of drug-likeness (QED) is 0.183. The SMILES string of the molecule is CCC(=O)C(C)C1OC1CC(C)C=CC=C(C)C1OC(=O)CCCCC(C)C/C=C\C1C. The number of ether oxygens (including phenoxy) is 2. The van der Waals surface area contributed by atoms with Crippen LogP contribution in [0.3, 0.4) is 0 Å². The van der Waals surface area contributed by atoms with Crippen LogP contribution in [0.15, 0.2) is 36.0 Å². The molecule has 2 aliphatic rings. The van der Waals surface area contributed by atoms with Gasteiger partial charge in [0, 0.05) is 24.7 Å². The Morgan fingerprint density at radius 3 is 2.72 bits per heavy atom. The van der Waals surface area contributed by atoms with E-state index in [0.717, 1.165) is 37.7 Å². The van der Waals surface area contributed by atoms with Crippen LogP contribution in [0.2, 0.25) is 0 Å².